The molecule has 0 unspecified atom stereocenters. The van der Waals surface area contributed by atoms with Crippen LogP contribution in [0.25, 0.3) is 21.8 Å². The van der Waals surface area contributed by atoms with Gasteiger partial charge < -0.3 is 4.74 Å². The monoisotopic (exact) mass is 338 g/mol. The van der Waals surface area contributed by atoms with Crippen LogP contribution in [-0.2, 0) is 0 Å². The van der Waals surface area contributed by atoms with Crippen LogP contribution in [0, 0.1) is 0 Å². The molecule has 0 saturated carbocycles. The summed E-state index contributed by atoms with van der Waals surface area (Å²) in [6.07, 6.45) is 8.64. The van der Waals surface area contributed by atoms with Crippen molar-refractivity contribution in [2.75, 3.05) is 6.61 Å². The normalized spacial score (nSPS) is 10.7. The van der Waals surface area contributed by atoms with Gasteiger partial charge in [0.2, 0.25) is 0 Å². The molecule has 2 heterocycles. The van der Waals surface area contributed by atoms with Crippen molar-refractivity contribution in [3.05, 3.63) is 54.2 Å². The van der Waals surface area contributed by atoms with Gasteiger partial charge in [-0.05, 0) is 42.1 Å². The Morgan fingerprint density at radius 3 is 2.38 bits per heavy atom. The summed E-state index contributed by atoms with van der Waals surface area (Å²) in [4.78, 5) is 10.2. The van der Waals surface area contributed by atoms with E-state index in [9.17, 15) is 0 Å². The van der Waals surface area contributed by atoms with E-state index in [2.05, 4.69) is 28.3 Å². The van der Waals surface area contributed by atoms with Gasteiger partial charge in [-0.15, -0.1) is 11.3 Å². The molecular formula is C20H22N2OS. The number of nitrogens with zero attached hydrogens (tertiary/aromatic N) is 2. The highest BCUT2D eigenvalue weighted by Gasteiger charge is 2.04. The maximum Gasteiger partial charge on any atom is 0.159 e. The van der Waals surface area contributed by atoms with E-state index in [1.54, 1.807) is 11.3 Å². The van der Waals surface area contributed by atoms with Gasteiger partial charge in [0.25, 0.3) is 0 Å². The first kappa shape index (κ1) is 16.7. The van der Waals surface area contributed by atoms with E-state index >= 15 is 0 Å². The topological polar surface area (TPSA) is 35.0 Å². The lowest BCUT2D eigenvalue weighted by atomic mass is 10.2. The Balaban J connectivity index is 1.59. The van der Waals surface area contributed by atoms with Crippen LogP contribution < -0.4 is 4.74 Å². The van der Waals surface area contributed by atoms with Crippen LogP contribution in [0.4, 0.5) is 0 Å². The third-order valence-corrected chi connectivity index (χ3v) is 4.76. The van der Waals surface area contributed by atoms with E-state index in [0.29, 0.717) is 0 Å². The van der Waals surface area contributed by atoms with Crippen molar-refractivity contribution in [2.45, 2.75) is 32.6 Å². The predicted octanol–water partition coefficient (Wildman–Crippen LogP) is 5.83. The van der Waals surface area contributed by atoms with Crippen LogP contribution in [-0.4, -0.2) is 16.6 Å². The molecule has 0 aliphatic rings. The molecule has 0 aliphatic heterocycles. The summed E-state index contributed by atoms with van der Waals surface area (Å²) in [7, 11) is 0. The lowest BCUT2D eigenvalue weighted by molar-refractivity contribution is 0.305. The van der Waals surface area contributed by atoms with Gasteiger partial charge in [-0.3, -0.25) is 0 Å². The fourth-order valence-corrected chi connectivity index (χ4v) is 3.17. The second-order valence-electron chi connectivity index (χ2n) is 5.71. The van der Waals surface area contributed by atoms with E-state index in [1.165, 1.54) is 24.1 Å². The molecule has 0 N–H and O–H groups in total. The fraction of sp³-hybridized carbons (Fsp3) is 0.300. The average molecular weight is 338 g/mol. The van der Waals surface area contributed by atoms with Gasteiger partial charge in [0, 0.05) is 28.4 Å². The minimum atomic E-state index is 0.741. The highest BCUT2D eigenvalue weighted by Crippen LogP contribution is 2.25. The molecule has 0 saturated heterocycles. The van der Waals surface area contributed by atoms with Crippen LogP contribution in [0.5, 0.6) is 5.75 Å². The zero-order valence-electron chi connectivity index (χ0n) is 13.9. The average Bonchev–Trinajstić information content (AvgIpc) is 3.17. The highest BCUT2D eigenvalue weighted by atomic mass is 32.1. The second kappa shape index (κ2) is 8.60. The first-order chi connectivity index (χ1) is 11.9. The first-order valence-electron chi connectivity index (χ1n) is 8.46. The Bertz CT molecular complexity index is 721. The number of unbranched alkanes of at least 4 members (excludes halogenated alkanes) is 3. The summed E-state index contributed by atoms with van der Waals surface area (Å²) in [6, 6.07) is 12.1. The predicted molar refractivity (Wildman–Crippen MR) is 100 cm³/mol. The molecule has 0 radical (unpaired) electrons. The molecule has 3 aromatic rings. The van der Waals surface area contributed by atoms with Gasteiger partial charge in [-0.2, -0.15) is 0 Å². The molecule has 124 valence electrons. The van der Waals surface area contributed by atoms with Crippen molar-refractivity contribution in [1.82, 2.24) is 9.97 Å². The van der Waals surface area contributed by atoms with Gasteiger partial charge in [0.15, 0.2) is 5.82 Å². The zero-order valence-corrected chi connectivity index (χ0v) is 14.8. The maximum atomic E-state index is 5.77. The van der Waals surface area contributed by atoms with Crippen molar-refractivity contribution in [1.29, 1.82) is 0 Å². The van der Waals surface area contributed by atoms with Gasteiger partial charge in [0.05, 0.1) is 6.61 Å². The summed E-state index contributed by atoms with van der Waals surface area (Å²) in [5.41, 5.74) is 2.06. The molecule has 24 heavy (non-hydrogen) atoms. The molecule has 1 aromatic carbocycles. The van der Waals surface area contributed by atoms with Gasteiger partial charge in [-0.25, -0.2) is 9.97 Å². The number of rotatable bonds is 8. The Hall–Kier alpha value is -2.20. The number of hydrogen-bond donors (Lipinski definition) is 0. The van der Waals surface area contributed by atoms with Crippen LogP contribution in [0.1, 0.15) is 32.6 Å². The number of ether oxygens (including phenoxy) is 1. The van der Waals surface area contributed by atoms with Crippen LogP contribution in [0.2, 0.25) is 0 Å². The summed E-state index contributed by atoms with van der Waals surface area (Å²) in [5, 5.41) is 2.06. The molecule has 4 heteroatoms. The molecule has 0 amide bonds. The quantitative estimate of drug-likeness (QED) is 0.485. The molecule has 0 fully saturated rings. The Morgan fingerprint density at radius 2 is 1.71 bits per heavy atom. The molecule has 0 atom stereocenters. The van der Waals surface area contributed by atoms with Crippen LogP contribution in [0.3, 0.4) is 0 Å². The van der Waals surface area contributed by atoms with Gasteiger partial charge in [0.1, 0.15) is 5.75 Å². The smallest absolute Gasteiger partial charge is 0.159 e. The molecule has 0 bridgehead atoms. The van der Waals surface area contributed by atoms with Crippen molar-refractivity contribution in [3.63, 3.8) is 0 Å². The van der Waals surface area contributed by atoms with E-state index < -0.39 is 0 Å². The molecule has 0 aliphatic carbocycles. The fourth-order valence-electron chi connectivity index (χ4n) is 2.47. The Morgan fingerprint density at radius 1 is 0.917 bits per heavy atom. The van der Waals surface area contributed by atoms with E-state index in [-0.39, 0.29) is 0 Å². The number of hydrogen-bond acceptors (Lipinski definition) is 4. The third-order valence-electron chi connectivity index (χ3n) is 3.84. The lowest BCUT2D eigenvalue weighted by Gasteiger charge is -2.07. The Labute approximate surface area is 147 Å². The zero-order chi connectivity index (χ0) is 16.6. The standard InChI is InChI=1S/C20H22N2OS/c1-2-3-4-5-12-23-18-10-8-16(9-11-18)20-21-14-17(15-22-20)19-7-6-13-24-19/h6-11,13-15H,2-5,12H2,1H3. The summed E-state index contributed by atoms with van der Waals surface area (Å²) in [5.74, 6) is 1.65. The largest absolute Gasteiger partial charge is 0.494 e. The van der Waals surface area contributed by atoms with Crippen LogP contribution >= 0.6 is 11.3 Å². The number of aromatic nitrogens is 2. The summed E-state index contributed by atoms with van der Waals surface area (Å²) >= 11 is 1.70. The van der Waals surface area contributed by atoms with Crippen molar-refractivity contribution < 1.29 is 4.74 Å². The highest BCUT2D eigenvalue weighted by molar-refractivity contribution is 7.13. The van der Waals surface area contributed by atoms with Crippen molar-refractivity contribution >= 4 is 11.3 Å². The molecule has 3 nitrogen and oxygen atoms in total. The maximum absolute atomic E-state index is 5.77. The lowest BCUT2D eigenvalue weighted by Crippen LogP contribution is -1.97. The number of thiophene rings is 1. The van der Waals surface area contributed by atoms with Crippen molar-refractivity contribution in [2.24, 2.45) is 0 Å². The SMILES string of the molecule is CCCCCCOc1ccc(-c2ncc(-c3cccs3)cn2)cc1. The van der Waals surface area contributed by atoms with Crippen molar-refractivity contribution in [3.8, 4) is 27.6 Å². The summed E-state index contributed by atoms with van der Waals surface area (Å²) < 4.78 is 5.77. The third kappa shape index (κ3) is 4.42. The molecule has 2 aromatic heterocycles. The molecule has 0 spiro atoms. The van der Waals surface area contributed by atoms with Gasteiger partial charge in [-0.1, -0.05) is 32.3 Å². The van der Waals surface area contributed by atoms with Crippen LogP contribution in [0.15, 0.2) is 54.2 Å². The van der Waals surface area contributed by atoms with E-state index in [1.807, 2.05) is 42.7 Å². The van der Waals surface area contributed by atoms with Gasteiger partial charge >= 0.3 is 0 Å². The second-order valence-corrected chi connectivity index (χ2v) is 6.65. The number of benzene rings is 1. The molecule has 3 rings (SSSR count). The first-order valence-corrected chi connectivity index (χ1v) is 9.34. The summed E-state index contributed by atoms with van der Waals surface area (Å²) in [6.45, 7) is 3.00. The minimum Gasteiger partial charge on any atom is -0.494 e. The molecular weight excluding hydrogens is 316 g/mol. The Kier molecular flexibility index (Phi) is 5.96. The van der Waals surface area contributed by atoms with E-state index in [0.717, 1.165) is 35.7 Å². The van der Waals surface area contributed by atoms with E-state index in [4.69, 9.17) is 4.74 Å². The minimum absolute atomic E-state index is 0.741.